The highest BCUT2D eigenvalue weighted by Gasteiger charge is 2.30. The van der Waals surface area contributed by atoms with E-state index in [1.54, 1.807) is 0 Å². The number of rotatable bonds is 3. The molecular weight excluding hydrogens is 344 g/mol. The minimum atomic E-state index is 0.0588. The second kappa shape index (κ2) is 6.00. The number of benzene rings is 4. The second-order valence-electron chi connectivity index (χ2n) is 7.32. The summed E-state index contributed by atoms with van der Waals surface area (Å²) in [5.41, 5.74) is 7.33. The molecule has 2 aliphatic heterocycles. The third-order valence-electron chi connectivity index (χ3n) is 5.65. The molecule has 0 fully saturated rings. The molecule has 0 spiro atoms. The van der Waals surface area contributed by atoms with E-state index in [-0.39, 0.29) is 12.2 Å². The normalized spacial score (nSPS) is 18.6. The molecule has 0 aliphatic carbocycles. The summed E-state index contributed by atoms with van der Waals surface area (Å²) in [5.74, 6) is 1.99. The number of hydrogen-bond acceptors (Lipinski definition) is 2. The monoisotopic (exact) mass is 362 g/mol. The van der Waals surface area contributed by atoms with Gasteiger partial charge in [0.2, 0.25) is 0 Å². The maximum absolute atomic E-state index is 5.89. The van der Waals surface area contributed by atoms with Gasteiger partial charge in [-0.05, 0) is 34.4 Å². The van der Waals surface area contributed by atoms with Gasteiger partial charge in [0.25, 0.3) is 0 Å². The van der Waals surface area contributed by atoms with Gasteiger partial charge in [-0.2, -0.15) is 0 Å². The van der Waals surface area contributed by atoms with Crippen LogP contribution in [0.15, 0.2) is 97.1 Å². The summed E-state index contributed by atoms with van der Waals surface area (Å²) in [5, 5.41) is 0. The maximum Gasteiger partial charge on any atom is 0.152 e. The SMILES string of the molecule is c1ccc2c(c1)OC2c1ccc(-c2ccc(C3Oc4ccccc43)cc2)cc1. The molecular formula is C26H18O2. The second-order valence-corrected chi connectivity index (χ2v) is 7.32. The maximum atomic E-state index is 5.89. The molecule has 2 nitrogen and oxygen atoms in total. The minimum Gasteiger partial charge on any atom is -0.480 e. The van der Waals surface area contributed by atoms with Crippen molar-refractivity contribution < 1.29 is 9.47 Å². The van der Waals surface area contributed by atoms with Crippen LogP contribution in [0.3, 0.4) is 0 Å². The Morgan fingerprint density at radius 3 is 1.21 bits per heavy atom. The molecule has 6 rings (SSSR count). The van der Waals surface area contributed by atoms with Crippen LogP contribution in [0.5, 0.6) is 11.5 Å². The summed E-state index contributed by atoms with van der Waals surface area (Å²) in [7, 11) is 0. The van der Waals surface area contributed by atoms with E-state index in [0.717, 1.165) is 11.5 Å². The smallest absolute Gasteiger partial charge is 0.152 e. The standard InChI is InChI=1S/C26H18O2/c1-3-7-23-21(5-1)25(27-23)19-13-9-17(10-14-19)18-11-15-20(16-12-18)26-22-6-2-4-8-24(22)28-26/h1-16,25-26H. The predicted molar refractivity (Wildman–Crippen MR) is 110 cm³/mol. The van der Waals surface area contributed by atoms with E-state index >= 15 is 0 Å². The van der Waals surface area contributed by atoms with Crippen LogP contribution in [-0.2, 0) is 0 Å². The number of hydrogen-bond donors (Lipinski definition) is 0. The summed E-state index contributed by atoms with van der Waals surface area (Å²) < 4.78 is 11.8. The topological polar surface area (TPSA) is 18.5 Å². The molecule has 0 bridgehead atoms. The van der Waals surface area contributed by atoms with Crippen molar-refractivity contribution in [3.63, 3.8) is 0 Å². The lowest BCUT2D eigenvalue weighted by Gasteiger charge is -2.31. The zero-order valence-electron chi connectivity index (χ0n) is 15.2. The van der Waals surface area contributed by atoms with Crippen molar-refractivity contribution in [1.82, 2.24) is 0 Å². The zero-order chi connectivity index (χ0) is 18.5. The Hall–Kier alpha value is -3.52. The lowest BCUT2D eigenvalue weighted by atomic mass is 9.92. The molecule has 2 heterocycles. The molecule has 0 saturated carbocycles. The first kappa shape index (κ1) is 15.5. The molecule has 0 saturated heterocycles. The van der Waals surface area contributed by atoms with Gasteiger partial charge in [0.15, 0.2) is 12.2 Å². The largest absolute Gasteiger partial charge is 0.480 e. The van der Waals surface area contributed by atoms with E-state index in [1.165, 1.54) is 33.4 Å². The van der Waals surface area contributed by atoms with Crippen LogP contribution in [0.25, 0.3) is 11.1 Å². The Morgan fingerprint density at radius 2 is 0.821 bits per heavy atom. The van der Waals surface area contributed by atoms with Gasteiger partial charge in [-0.15, -0.1) is 0 Å². The molecule has 2 aliphatic rings. The lowest BCUT2D eigenvalue weighted by Crippen LogP contribution is -2.19. The van der Waals surface area contributed by atoms with E-state index in [1.807, 2.05) is 24.3 Å². The molecule has 2 heteroatoms. The van der Waals surface area contributed by atoms with E-state index in [9.17, 15) is 0 Å². The highest BCUT2D eigenvalue weighted by Crippen LogP contribution is 2.44. The van der Waals surface area contributed by atoms with Crippen molar-refractivity contribution in [1.29, 1.82) is 0 Å². The predicted octanol–water partition coefficient (Wildman–Crippen LogP) is 6.32. The Bertz CT molecular complexity index is 1060. The fourth-order valence-electron chi connectivity index (χ4n) is 4.07. The first-order chi connectivity index (χ1) is 13.9. The number of fused-ring (bicyclic) bond motifs is 2. The van der Waals surface area contributed by atoms with Crippen molar-refractivity contribution in [3.8, 4) is 22.6 Å². The first-order valence-corrected chi connectivity index (χ1v) is 9.58. The summed E-state index contributed by atoms with van der Waals surface area (Å²) in [6.45, 7) is 0. The highest BCUT2D eigenvalue weighted by atomic mass is 16.5. The fraction of sp³-hybridized carbons (Fsp3) is 0.0769. The first-order valence-electron chi connectivity index (χ1n) is 9.58. The Labute approximate surface area is 164 Å². The van der Waals surface area contributed by atoms with Crippen LogP contribution in [0.4, 0.5) is 0 Å². The molecule has 0 radical (unpaired) electrons. The van der Waals surface area contributed by atoms with Crippen LogP contribution < -0.4 is 9.47 Å². The molecule has 0 aromatic heterocycles. The zero-order valence-corrected chi connectivity index (χ0v) is 15.2. The molecule has 0 N–H and O–H groups in total. The molecule has 0 amide bonds. The van der Waals surface area contributed by atoms with Crippen LogP contribution in [-0.4, -0.2) is 0 Å². The molecule has 2 atom stereocenters. The van der Waals surface area contributed by atoms with Crippen LogP contribution in [0.2, 0.25) is 0 Å². The van der Waals surface area contributed by atoms with Gasteiger partial charge in [-0.1, -0.05) is 84.9 Å². The third kappa shape index (κ3) is 2.35. The van der Waals surface area contributed by atoms with Crippen molar-refractivity contribution >= 4 is 0 Å². The highest BCUT2D eigenvalue weighted by molar-refractivity contribution is 5.65. The average Bonchev–Trinajstić information content (AvgIpc) is 2.71. The van der Waals surface area contributed by atoms with Gasteiger partial charge in [0.05, 0.1) is 0 Å². The number of para-hydroxylation sites is 2. The average molecular weight is 362 g/mol. The van der Waals surface area contributed by atoms with Crippen LogP contribution >= 0.6 is 0 Å². The van der Waals surface area contributed by atoms with Crippen LogP contribution in [0, 0.1) is 0 Å². The van der Waals surface area contributed by atoms with Gasteiger partial charge in [-0.3, -0.25) is 0 Å². The molecule has 28 heavy (non-hydrogen) atoms. The quantitative estimate of drug-likeness (QED) is 0.425. The third-order valence-corrected chi connectivity index (χ3v) is 5.65. The molecule has 2 unspecified atom stereocenters. The van der Waals surface area contributed by atoms with E-state index in [0.29, 0.717) is 0 Å². The summed E-state index contributed by atoms with van der Waals surface area (Å²) >= 11 is 0. The Kier molecular flexibility index (Phi) is 3.33. The number of ether oxygens (including phenoxy) is 2. The van der Waals surface area contributed by atoms with Gasteiger partial charge in [-0.25, -0.2) is 0 Å². The van der Waals surface area contributed by atoms with Gasteiger partial charge in [0, 0.05) is 11.1 Å². The van der Waals surface area contributed by atoms with E-state index in [2.05, 4.69) is 72.8 Å². The molecule has 4 aromatic carbocycles. The van der Waals surface area contributed by atoms with Crippen LogP contribution in [0.1, 0.15) is 34.5 Å². The van der Waals surface area contributed by atoms with Gasteiger partial charge >= 0.3 is 0 Å². The van der Waals surface area contributed by atoms with Gasteiger partial charge in [0.1, 0.15) is 11.5 Å². The van der Waals surface area contributed by atoms with Crippen molar-refractivity contribution in [2.24, 2.45) is 0 Å². The summed E-state index contributed by atoms with van der Waals surface area (Å²) in [6, 6.07) is 33.8. The van der Waals surface area contributed by atoms with Crippen molar-refractivity contribution in [2.75, 3.05) is 0 Å². The van der Waals surface area contributed by atoms with Crippen molar-refractivity contribution in [2.45, 2.75) is 12.2 Å². The fourth-order valence-corrected chi connectivity index (χ4v) is 4.07. The lowest BCUT2D eigenvalue weighted by molar-refractivity contribution is 0.185. The summed E-state index contributed by atoms with van der Waals surface area (Å²) in [4.78, 5) is 0. The molecule has 134 valence electrons. The summed E-state index contributed by atoms with van der Waals surface area (Å²) in [6.07, 6.45) is 0.118. The van der Waals surface area contributed by atoms with Gasteiger partial charge < -0.3 is 9.47 Å². The minimum absolute atomic E-state index is 0.0588. The Balaban J connectivity index is 1.22. The van der Waals surface area contributed by atoms with Crippen molar-refractivity contribution in [3.05, 3.63) is 119 Å². The Morgan fingerprint density at radius 1 is 0.429 bits per heavy atom. The van der Waals surface area contributed by atoms with E-state index in [4.69, 9.17) is 9.47 Å². The van der Waals surface area contributed by atoms with E-state index < -0.39 is 0 Å². The molecule has 4 aromatic rings.